The zero-order valence-corrected chi connectivity index (χ0v) is 13.8. The highest BCUT2D eigenvalue weighted by Gasteiger charge is 2.16. The van der Waals surface area contributed by atoms with E-state index in [1.165, 1.54) is 0 Å². The predicted molar refractivity (Wildman–Crippen MR) is 87.9 cm³/mol. The van der Waals surface area contributed by atoms with Crippen LogP contribution in [0.15, 0.2) is 47.4 Å². The molecule has 2 rings (SSSR count). The number of para-hydroxylation sites is 1. The fourth-order valence-electron chi connectivity index (χ4n) is 1.90. The Morgan fingerprint density at radius 2 is 1.76 bits per heavy atom. The number of hydrogen-bond acceptors (Lipinski definition) is 2. The average molecular weight is 344 g/mol. The number of benzene rings is 2. The van der Waals surface area contributed by atoms with Gasteiger partial charge in [0.25, 0.3) is 10.0 Å². The largest absolute Gasteiger partial charge is 0.278 e. The average Bonchev–Trinajstić information content (AvgIpc) is 2.44. The molecule has 0 saturated carbocycles. The van der Waals surface area contributed by atoms with E-state index in [9.17, 15) is 8.42 Å². The second-order valence-corrected chi connectivity index (χ2v) is 7.09. The molecule has 1 N–H and O–H groups in total. The Labute approximate surface area is 135 Å². The van der Waals surface area contributed by atoms with Crippen LogP contribution in [-0.2, 0) is 16.4 Å². The van der Waals surface area contributed by atoms with Crippen molar-refractivity contribution in [2.75, 3.05) is 10.6 Å². The summed E-state index contributed by atoms with van der Waals surface area (Å²) >= 11 is 11.7. The summed E-state index contributed by atoms with van der Waals surface area (Å²) in [7, 11) is -3.66. The van der Waals surface area contributed by atoms with E-state index < -0.39 is 10.0 Å². The van der Waals surface area contributed by atoms with Crippen LogP contribution in [0.3, 0.4) is 0 Å². The molecule has 2 aromatic rings. The third-order valence-corrected chi connectivity index (χ3v) is 4.94. The first-order valence-corrected chi connectivity index (χ1v) is 8.76. The number of rotatable bonds is 5. The highest BCUT2D eigenvalue weighted by Crippen LogP contribution is 2.27. The molecule has 0 amide bonds. The lowest BCUT2D eigenvalue weighted by molar-refractivity contribution is 0.601. The van der Waals surface area contributed by atoms with Gasteiger partial charge in [-0.05, 0) is 42.7 Å². The Kier molecular flexibility index (Phi) is 5.14. The Morgan fingerprint density at radius 3 is 2.33 bits per heavy atom. The van der Waals surface area contributed by atoms with Gasteiger partial charge in [0.1, 0.15) is 0 Å². The molecular formula is C15H15Cl2NO2S. The van der Waals surface area contributed by atoms with Crippen molar-refractivity contribution in [3.05, 3.63) is 58.6 Å². The lowest BCUT2D eigenvalue weighted by atomic mass is 10.2. The Hall–Kier alpha value is -1.23. The molecule has 0 fully saturated rings. The van der Waals surface area contributed by atoms with Gasteiger partial charge < -0.3 is 0 Å². The van der Waals surface area contributed by atoms with Crippen LogP contribution in [-0.4, -0.2) is 14.3 Å². The predicted octanol–water partition coefficient (Wildman–Crippen LogP) is 4.23. The molecule has 3 nitrogen and oxygen atoms in total. The van der Waals surface area contributed by atoms with Gasteiger partial charge in [0.15, 0.2) is 0 Å². The zero-order chi connectivity index (χ0) is 15.5. The molecule has 0 unspecified atom stereocenters. The molecule has 0 heterocycles. The summed E-state index contributed by atoms with van der Waals surface area (Å²) in [4.78, 5) is 0.195. The second-order valence-electron chi connectivity index (χ2n) is 4.62. The number of nitrogens with one attached hydrogen (secondary N) is 1. The first-order valence-electron chi connectivity index (χ1n) is 6.37. The summed E-state index contributed by atoms with van der Waals surface area (Å²) < 4.78 is 27.3. The van der Waals surface area contributed by atoms with E-state index in [1.807, 2.05) is 0 Å². The van der Waals surface area contributed by atoms with Crippen LogP contribution in [0.4, 0.5) is 5.69 Å². The third kappa shape index (κ3) is 3.90. The summed E-state index contributed by atoms with van der Waals surface area (Å²) in [6, 6.07) is 11.9. The van der Waals surface area contributed by atoms with Crippen LogP contribution in [0, 0.1) is 6.92 Å². The molecular weight excluding hydrogens is 329 g/mol. The van der Waals surface area contributed by atoms with Gasteiger partial charge in [-0.3, -0.25) is 4.72 Å². The number of halogens is 2. The minimum Gasteiger partial charge on any atom is -0.278 e. The van der Waals surface area contributed by atoms with E-state index in [0.29, 0.717) is 23.0 Å². The zero-order valence-electron chi connectivity index (χ0n) is 11.4. The standard InChI is InChI=1S/C15H15Cl2NO2S/c1-11-3-2-4-14(17)15(11)18-21(19,20)13-7-5-12(6-8-13)9-10-16/h2-8,18H,9-10H2,1H3. The van der Waals surface area contributed by atoms with E-state index in [4.69, 9.17) is 23.2 Å². The fraction of sp³-hybridized carbons (Fsp3) is 0.200. The van der Waals surface area contributed by atoms with Crippen molar-refractivity contribution in [3.8, 4) is 0 Å². The summed E-state index contributed by atoms with van der Waals surface area (Å²) in [6.45, 7) is 1.80. The Balaban J connectivity index is 2.30. The van der Waals surface area contributed by atoms with Gasteiger partial charge in [0, 0.05) is 5.88 Å². The molecule has 0 radical (unpaired) electrons. The first-order chi connectivity index (χ1) is 9.94. The molecule has 0 aliphatic rings. The third-order valence-electron chi connectivity index (χ3n) is 3.08. The summed E-state index contributed by atoms with van der Waals surface area (Å²) in [5, 5.41) is 0.373. The van der Waals surface area contributed by atoms with Crippen LogP contribution in [0.5, 0.6) is 0 Å². The van der Waals surface area contributed by atoms with Crippen LogP contribution in [0.25, 0.3) is 0 Å². The Bertz CT molecular complexity index is 708. The van der Waals surface area contributed by atoms with Crippen molar-refractivity contribution in [3.63, 3.8) is 0 Å². The van der Waals surface area contributed by atoms with E-state index >= 15 is 0 Å². The second kappa shape index (κ2) is 6.69. The molecule has 0 atom stereocenters. The van der Waals surface area contributed by atoms with Gasteiger partial charge in [-0.2, -0.15) is 0 Å². The van der Waals surface area contributed by atoms with Gasteiger partial charge in [-0.1, -0.05) is 35.9 Å². The highest BCUT2D eigenvalue weighted by atomic mass is 35.5. The van der Waals surface area contributed by atoms with E-state index in [2.05, 4.69) is 4.72 Å². The van der Waals surface area contributed by atoms with Crippen LogP contribution in [0.1, 0.15) is 11.1 Å². The number of alkyl halides is 1. The van der Waals surface area contributed by atoms with Crippen molar-refractivity contribution in [2.45, 2.75) is 18.2 Å². The molecule has 6 heteroatoms. The topological polar surface area (TPSA) is 46.2 Å². The van der Waals surface area contributed by atoms with Crippen LogP contribution >= 0.6 is 23.2 Å². The number of hydrogen-bond donors (Lipinski definition) is 1. The van der Waals surface area contributed by atoms with E-state index in [0.717, 1.165) is 11.1 Å². The quantitative estimate of drug-likeness (QED) is 0.825. The smallest absolute Gasteiger partial charge is 0.261 e. The molecule has 2 aromatic carbocycles. The molecule has 0 saturated heterocycles. The minimum atomic E-state index is -3.66. The molecule has 0 spiro atoms. The fourth-order valence-corrected chi connectivity index (χ4v) is 3.59. The first kappa shape index (κ1) is 16.1. The van der Waals surface area contributed by atoms with Gasteiger partial charge in [0.2, 0.25) is 0 Å². The SMILES string of the molecule is Cc1cccc(Cl)c1NS(=O)(=O)c1ccc(CCCl)cc1. The maximum absolute atomic E-state index is 12.4. The number of sulfonamides is 1. The molecule has 0 aromatic heterocycles. The van der Waals surface area contributed by atoms with Crippen LogP contribution in [0.2, 0.25) is 5.02 Å². The normalized spacial score (nSPS) is 11.4. The highest BCUT2D eigenvalue weighted by molar-refractivity contribution is 7.92. The molecule has 21 heavy (non-hydrogen) atoms. The molecule has 0 bridgehead atoms. The van der Waals surface area contributed by atoms with Gasteiger partial charge in [0.05, 0.1) is 15.6 Å². The van der Waals surface area contributed by atoms with Gasteiger partial charge in [-0.15, -0.1) is 11.6 Å². The van der Waals surface area contributed by atoms with Crippen LogP contribution < -0.4 is 4.72 Å². The maximum Gasteiger partial charge on any atom is 0.261 e. The molecule has 0 aliphatic heterocycles. The van der Waals surface area contributed by atoms with Crippen molar-refractivity contribution < 1.29 is 8.42 Å². The van der Waals surface area contributed by atoms with Gasteiger partial charge in [-0.25, -0.2) is 8.42 Å². The minimum absolute atomic E-state index is 0.195. The van der Waals surface area contributed by atoms with E-state index in [-0.39, 0.29) is 4.90 Å². The van der Waals surface area contributed by atoms with Crippen molar-refractivity contribution >= 4 is 38.9 Å². The Morgan fingerprint density at radius 1 is 1.10 bits per heavy atom. The maximum atomic E-state index is 12.4. The number of aryl methyl sites for hydroxylation is 2. The summed E-state index contributed by atoms with van der Waals surface area (Å²) in [5.41, 5.74) is 2.17. The van der Waals surface area contributed by atoms with E-state index in [1.54, 1.807) is 49.4 Å². The lowest BCUT2D eigenvalue weighted by Crippen LogP contribution is -2.14. The van der Waals surface area contributed by atoms with Crippen molar-refractivity contribution in [1.29, 1.82) is 0 Å². The van der Waals surface area contributed by atoms with Crippen molar-refractivity contribution in [2.24, 2.45) is 0 Å². The lowest BCUT2D eigenvalue weighted by Gasteiger charge is -2.12. The molecule has 112 valence electrons. The van der Waals surface area contributed by atoms with Crippen molar-refractivity contribution in [1.82, 2.24) is 0 Å². The molecule has 0 aliphatic carbocycles. The monoisotopic (exact) mass is 343 g/mol. The number of anilines is 1. The summed E-state index contributed by atoms with van der Waals surface area (Å²) in [6.07, 6.45) is 0.707. The summed E-state index contributed by atoms with van der Waals surface area (Å²) in [5.74, 6) is 0.503. The van der Waals surface area contributed by atoms with Gasteiger partial charge >= 0.3 is 0 Å².